The van der Waals surface area contributed by atoms with Gasteiger partial charge in [-0.15, -0.1) is 24.8 Å². The zero-order valence-corrected chi connectivity index (χ0v) is 7.71. The van der Waals surface area contributed by atoms with Gasteiger partial charge in [0.1, 0.15) is 5.82 Å². The van der Waals surface area contributed by atoms with E-state index >= 15 is 0 Å². The molecule has 1 heterocycles. The van der Waals surface area contributed by atoms with Crippen LogP contribution < -0.4 is 0 Å². The standard InChI is InChI=1S/C6H10N2.Al.2ClH.3H/c1-3-8-5-4-7-6(8)2;;;;;;/h4-5H,3H2,1-2H3;;2*1H;;;. The molecule has 0 aliphatic carbocycles. The summed E-state index contributed by atoms with van der Waals surface area (Å²) in [6.45, 7) is 5.13. The van der Waals surface area contributed by atoms with Crippen LogP contribution in [-0.2, 0) is 6.54 Å². The van der Waals surface area contributed by atoms with Crippen LogP contribution in [-0.4, -0.2) is 26.9 Å². The minimum Gasteiger partial charge on any atom is -0.335 e. The second kappa shape index (κ2) is 8.42. The fourth-order valence-electron chi connectivity index (χ4n) is 0.738. The number of aryl methyl sites for hydroxylation is 2. The highest BCUT2D eigenvalue weighted by atomic mass is 35.5. The first-order chi connectivity index (χ1) is 3.84. The Bertz CT molecular complexity index is 179. The topological polar surface area (TPSA) is 17.8 Å². The van der Waals surface area contributed by atoms with E-state index in [0.717, 1.165) is 12.4 Å². The molecule has 11 heavy (non-hydrogen) atoms. The van der Waals surface area contributed by atoms with Crippen molar-refractivity contribution in [1.82, 2.24) is 9.55 Å². The number of aromatic nitrogens is 2. The maximum Gasteiger partial charge on any atom is 0.187 e. The highest BCUT2D eigenvalue weighted by Gasteiger charge is 1.88. The molecule has 0 bridgehead atoms. The van der Waals surface area contributed by atoms with Gasteiger partial charge in [0, 0.05) is 18.9 Å². The summed E-state index contributed by atoms with van der Waals surface area (Å²) in [5, 5.41) is 0. The second-order valence-corrected chi connectivity index (χ2v) is 1.76. The predicted octanol–water partition coefficient (Wildman–Crippen LogP) is 0.871. The van der Waals surface area contributed by atoms with E-state index in [4.69, 9.17) is 0 Å². The molecule has 1 aromatic heterocycles. The Labute approximate surface area is 90.3 Å². The molecule has 66 valence electrons. The molecule has 1 aromatic rings. The Morgan fingerprint density at radius 2 is 2.00 bits per heavy atom. The summed E-state index contributed by atoms with van der Waals surface area (Å²) in [6, 6.07) is 0. The highest BCUT2D eigenvalue weighted by Crippen LogP contribution is 1.92. The Morgan fingerprint density at radius 3 is 2.18 bits per heavy atom. The number of hydrogen-bond donors (Lipinski definition) is 0. The van der Waals surface area contributed by atoms with Gasteiger partial charge in [0.2, 0.25) is 0 Å². The van der Waals surface area contributed by atoms with Crippen LogP contribution in [0.5, 0.6) is 0 Å². The SMILES string of the molecule is CCn1ccnc1C.Cl.Cl.[AlH3]. The van der Waals surface area contributed by atoms with Crippen LogP contribution in [0.25, 0.3) is 0 Å². The Balaban J connectivity index is -0.000000213. The molecule has 0 atom stereocenters. The quantitative estimate of drug-likeness (QED) is 0.633. The maximum atomic E-state index is 4.05. The molecule has 0 radical (unpaired) electrons. The van der Waals surface area contributed by atoms with E-state index in [9.17, 15) is 0 Å². The average Bonchev–Trinajstić information content (AvgIpc) is 2.14. The first kappa shape index (κ1) is 17.4. The third kappa shape index (κ3) is 4.71. The third-order valence-corrected chi connectivity index (χ3v) is 1.26. The minimum atomic E-state index is 0. The van der Waals surface area contributed by atoms with Crippen molar-refractivity contribution in [3.8, 4) is 0 Å². The van der Waals surface area contributed by atoms with E-state index in [2.05, 4.69) is 16.5 Å². The van der Waals surface area contributed by atoms with Crippen LogP contribution >= 0.6 is 24.8 Å². The van der Waals surface area contributed by atoms with E-state index in [0.29, 0.717) is 0 Å². The lowest BCUT2D eigenvalue weighted by molar-refractivity contribution is 0.730. The smallest absolute Gasteiger partial charge is 0.187 e. The van der Waals surface area contributed by atoms with Crippen molar-refractivity contribution in [2.75, 3.05) is 0 Å². The molecule has 0 amide bonds. The largest absolute Gasteiger partial charge is 0.335 e. The zero-order valence-electron chi connectivity index (χ0n) is 6.07. The van der Waals surface area contributed by atoms with E-state index in [1.54, 1.807) is 0 Å². The summed E-state index contributed by atoms with van der Waals surface area (Å²) in [5.74, 6) is 1.09. The molecule has 0 spiro atoms. The Morgan fingerprint density at radius 1 is 1.45 bits per heavy atom. The monoisotopic (exact) mass is 212 g/mol. The number of imidazole rings is 1. The molecule has 0 saturated heterocycles. The van der Waals surface area contributed by atoms with Crippen LogP contribution in [0.3, 0.4) is 0 Å². The van der Waals surface area contributed by atoms with E-state index in [1.165, 1.54) is 0 Å². The zero-order chi connectivity index (χ0) is 5.98. The second-order valence-electron chi connectivity index (χ2n) is 1.76. The molecule has 1 rings (SSSR count). The number of hydrogen-bond acceptors (Lipinski definition) is 1. The van der Waals surface area contributed by atoms with Crippen molar-refractivity contribution < 1.29 is 0 Å². The minimum absolute atomic E-state index is 0. The lowest BCUT2D eigenvalue weighted by Gasteiger charge is -1.95. The molecular formula is C6H15AlCl2N2. The van der Waals surface area contributed by atoms with Crippen LogP contribution in [0.1, 0.15) is 12.7 Å². The molecule has 0 unspecified atom stereocenters. The van der Waals surface area contributed by atoms with E-state index in [-0.39, 0.29) is 42.2 Å². The molecular weight excluding hydrogens is 198 g/mol. The summed E-state index contributed by atoms with van der Waals surface area (Å²) < 4.78 is 2.10. The van der Waals surface area contributed by atoms with Gasteiger partial charge in [0.05, 0.1) is 0 Å². The Hall–Kier alpha value is 0.322. The van der Waals surface area contributed by atoms with Gasteiger partial charge in [-0.1, -0.05) is 0 Å². The van der Waals surface area contributed by atoms with Crippen molar-refractivity contribution in [3.63, 3.8) is 0 Å². The molecule has 2 nitrogen and oxygen atoms in total. The van der Waals surface area contributed by atoms with Crippen LogP contribution in [0.15, 0.2) is 12.4 Å². The van der Waals surface area contributed by atoms with Gasteiger partial charge >= 0.3 is 0 Å². The summed E-state index contributed by atoms with van der Waals surface area (Å²) in [4.78, 5) is 4.05. The number of rotatable bonds is 1. The lowest BCUT2D eigenvalue weighted by atomic mass is 10.6. The molecule has 0 aromatic carbocycles. The highest BCUT2D eigenvalue weighted by molar-refractivity contribution is 5.85. The summed E-state index contributed by atoms with van der Waals surface area (Å²) in [7, 11) is 0. The summed E-state index contributed by atoms with van der Waals surface area (Å²) in [5.41, 5.74) is 0. The van der Waals surface area contributed by atoms with Crippen molar-refractivity contribution in [3.05, 3.63) is 18.2 Å². The van der Waals surface area contributed by atoms with Gasteiger partial charge in [-0.25, -0.2) is 4.98 Å². The molecule has 0 N–H and O–H groups in total. The molecule has 5 heteroatoms. The van der Waals surface area contributed by atoms with Gasteiger partial charge in [-0.05, 0) is 13.8 Å². The van der Waals surface area contributed by atoms with Crippen LogP contribution in [0.2, 0.25) is 0 Å². The van der Waals surface area contributed by atoms with Gasteiger partial charge < -0.3 is 4.57 Å². The average molecular weight is 213 g/mol. The number of halogens is 2. The molecule has 0 aliphatic heterocycles. The van der Waals surface area contributed by atoms with Gasteiger partial charge in [-0.3, -0.25) is 0 Å². The van der Waals surface area contributed by atoms with Crippen molar-refractivity contribution >= 4 is 42.2 Å². The maximum absolute atomic E-state index is 4.05. The summed E-state index contributed by atoms with van der Waals surface area (Å²) >= 11 is 0. The van der Waals surface area contributed by atoms with E-state index in [1.807, 2.05) is 19.3 Å². The normalized spacial score (nSPS) is 7.09. The summed E-state index contributed by atoms with van der Waals surface area (Å²) in [6.07, 6.45) is 3.80. The fourth-order valence-corrected chi connectivity index (χ4v) is 0.738. The van der Waals surface area contributed by atoms with Crippen molar-refractivity contribution in [1.29, 1.82) is 0 Å². The van der Waals surface area contributed by atoms with Gasteiger partial charge in [0.15, 0.2) is 17.4 Å². The van der Waals surface area contributed by atoms with Gasteiger partial charge in [-0.2, -0.15) is 0 Å². The predicted molar refractivity (Wildman–Crippen MR) is 57.1 cm³/mol. The number of nitrogens with zero attached hydrogens (tertiary/aromatic N) is 2. The first-order valence-electron chi connectivity index (χ1n) is 2.82. The van der Waals surface area contributed by atoms with Gasteiger partial charge in [0.25, 0.3) is 0 Å². The van der Waals surface area contributed by atoms with Crippen molar-refractivity contribution in [2.45, 2.75) is 20.4 Å². The Kier molecular flexibility index (Phi) is 13.3. The third-order valence-electron chi connectivity index (χ3n) is 1.26. The molecule has 0 saturated carbocycles. The molecule has 0 aliphatic rings. The van der Waals surface area contributed by atoms with Crippen molar-refractivity contribution in [2.24, 2.45) is 0 Å². The van der Waals surface area contributed by atoms with E-state index < -0.39 is 0 Å². The first-order valence-corrected chi connectivity index (χ1v) is 2.82. The van der Waals surface area contributed by atoms with Crippen LogP contribution in [0, 0.1) is 6.92 Å². The fraction of sp³-hybridized carbons (Fsp3) is 0.500. The molecule has 0 fully saturated rings. The lowest BCUT2D eigenvalue weighted by Crippen LogP contribution is -1.93. The van der Waals surface area contributed by atoms with Crippen LogP contribution in [0.4, 0.5) is 0 Å².